The third-order valence-corrected chi connectivity index (χ3v) is 16.4. The molecule has 0 amide bonds. The number of hydroxylamine groups is 4. The SMILES string of the molecule is CC1(C)CC(CCCCCCCCCCCCNc2nc(Cl)nc(NCCCCCCCCCCCCC3CC(C)(C)N(OC4CCCCC4)C(C)(C)C3)n2)CC(C)(C)N1OC1CCCCC1. The fourth-order valence-corrected chi connectivity index (χ4v) is 13.6. The van der Waals surface area contributed by atoms with Gasteiger partial charge in [0.15, 0.2) is 0 Å². The van der Waals surface area contributed by atoms with E-state index in [1.54, 1.807) is 0 Å². The van der Waals surface area contributed by atoms with Crippen molar-refractivity contribution in [2.24, 2.45) is 11.8 Å². The molecule has 2 aliphatic carbocycles. The molecule has 4 fully saturated rings. The highest BCUT2D eigenvalue weighted by atomic mass is 35.5. The summed E-state index contributed by atoms with van der Waals surface area (Å²) in [5, 5.41) is 11.9. The van der Waals surface area contributed by atoms with Gasteiger partial charge in [-0.1, -0.05) is 167 Å². The van der Waals surface area contributed by atoms with E-state index in [0.29, 0.717) is 24.1 Å². The molecule has 9 nitrogen and oxygen atoms in total. The number of anilines is 2. The van der Waals surface area contributed by atoms with Crippen LogP contribution >= 0.6 is 11.6 Å². The zero-order valence-corrected chi connectivity index (χ0v) is 45.9. The van der Waals surface area contributed by atoms with Crippen LogP contribution < -0.4 is 10.6 Å². The van der Waals surface area contributed by atoms with E-state index in [1.165, 1.54) is 218 Å². The molecule has 4 aliphatic rings. The minimum atomic E-state index is 0.113. The largest absolute Gasteiger partial charge is 0.354 e. The lowest BCUT2D eigenvalue weighted by Gasteiger charge is -2.55. The predicted octanol–water partition coefficient (Wildman–Crippen LogP) is 17.0. The van der Waals surface area contributed by atoms with Crippen LogP contribution in [0.5, 0.6) is 0 Å². The molecule has 0 aromatic carbocycles. The summed E-state index contributed by atoms with van der Waals surface area (Å²) >= 11 is 6.27. The van der Waals surface area contributed by atoms with E-state index in [1.807, 2.05) is 0 Å². The maximum absolute atomic E-state index is 6.72. The van der Waals surface area contributed by atoms with E-state index < -0.39 is 0 Å². The molecule has 388 valence electrons. The van der Waals surface area contributed by atoms with Crippen molar-refractivity contribution in [1.82, 2.24) is 25.1 Å². The number of piperidine rings is 2. The van der Waals surface area contributed by atoms with Crippen LogP contribution in [-0.4, -0.2) is 72.5 Å². The van der Waals surface area contributed by atoms with Crippen molar-refractivity contribution in [3.05, 3.63) is 5.28 Å². The maximum atomic E-state index is 6.72. The minimum absolute atomic E-state index is 0.113. The second-order valence-electron chi connectivity index (χ2n) is 24.9. The Hall–Kier alpha value is -1.26. The molecule has 67 heavy (non-hydrogen) atoms. The van der Waals surface area contributed by atoms with Gasteiger partial charge in [-0.05, 0) is 143 Å². The van der Waals surface area contributed by atoms with Gasteiger partial charge in [0, 0.05) is 35.2 Å². The predicted molar refractivity (Wildman–Crippen MR) is 285 cm³/mol. The summed E-state index contributed by atoms with van der Waals surface area (Å²) in [7, 11) is 0. The Morgan fingerprint density at radius 3 is 1.01 bits per heavy atom. The lowest BCUT2D eigenvalue weighted by atomic mass is 9.73. The standard InChI is InChI=1S/C57H106ClN7O2/c1-54(2)43-47(44-55(3,4)64(54)66-49-37-29-25-30-38-49)35-27-21-17-13-9-11-15-19-23-33-41-59-52-61-51(58)62-53(63-52)60-42-34-24-20-16-12-10-14-18-22-28-36-48-45-56(5,6)65(57(7,8)46-48)67-50-39-31-26-32-40-50/h47-50H,9-46H2,1-8H3,(H2,59,60,61,62,63). The summed E-state index contributed by atoms with van der Waals surface area (Å²) in [6.45, 7) is 21.1. The van der Waals surface area contributed by atoms with Crippen molar-refractivity contribution in [3.8, 4) is 0 Å². The number of rotatable bonds is 32. The van der Waals surface area contributed by atoms with Crippen LogP contribution in [0, 0.1) is 11.8 Å². The highest BCUT2D eigenvalue weighted by Gasteiger charge is 2.48. The van der Waals surface area contributed by atoms with E-state index in [4.69, 9.17) is 21.3 Å². The summed E-state index contributed by atoms with van der Waals surface area (Å²) in [5.41, 5.74) is 0.451. The molecular formula is C57H106ClN7O2. The molecule has 10 heteroatoms. The first-order valence-electron chi connectivity index (χ1n) is 29.0. The molecule has 0 spiro atoms. The molecule has 0 radical (unpaired) electrons. The van der Waals surface area contributed by atoms with Gasteiger partial charge in [0.1, 0.15) is 0 Å². The summed E-state index contributed by atoms with van der Waals surface area (Å²) in [5.74, 6) is 2.79. The van der Waals surface area contributed by atoms with Gasteiger partial charge in [-0.2, -0.15) is 25.1 Å². The van der Waals surface area contributed by atoms with Crippen LogP contribution in [0.4, 0.5) is 11.9 Å². The first-order valence-corrected chi connectivity index (χ1v) is 29.3. The highest BCUT2D eigenvalue weighted by Crippen LogP contribution is 2.46. The van der Waals surface area contributed by atoms with Crippen LogP contribution in [0.2, 0.25) is 5.28 Å². The van der Waals surface area contributed by atoms with E-state index >= 15 is 0 Å². The molecule has 1 aromatic heterocycles. The van der Waals surface area contributed by atoms with Crippen molar-refractivity contribution in [1.29, 1.82) is 0 Å². The lowest BCUT2D eigenvalue weighted by molar-refractivity contribution is -0.314. The molecule has 3 heterocycles. The van der Waals surface area contributed by atoms with E-state index in [-0.39, 0.29) is 27.4 Å². The number of halogens is 1. The van der Waals surface area contributed by atoms with Gasteiger partial charge in [-0.25, -0.2) is 0 Å². The molecule has 2 saturated carbocycles. The molecule has 2 aliphatic heterocycles. The van der Waals surface area contributed by atoms with Gasteiger partial charge in [-0.15, -0.1) is 0 Å². The van der Waals surface area contributed by atoms with E-state index in [9.17, 15) is 0 Å². The van der Waals surface area contributed by atoms with Crippen molar-refractivity contribution < 1.29 is 9.68 Å². The summed E-state index contributed by atoms with van der Waals surface area (Å²) < 4.78 is 0. The molecule has 1 aromatic rings. The molecular weight excluding hydrogens is 850 g/mol. The number of unbranched alkanes of at least 4 members (excludes halogenated alkanes) is 18. The van der Waals surface area contributed by atoms with Gasteiger partial charge < -0.3 is 10.6 Å². The first kappa shape index (κ1) is 56.7. The van der Waals surface area contributed by atoms with Crippen molar-refractivity contribution >= 4 is 23.5 Å². The number of nitrogens with one attached hydrogen (secondary N) is 2. The fourth-order valence-electron chi connectivity index (χ4n) is 13.4. The maximum Gasteiger partial charge on any atom is 0.228 e. The number of hydrogen-bond acceptors (Lipinski definition) is 9. The summed E-state index contributed by atoms with van der Waals surface area (Å²) in [4.78, 5) is 26.7. The molecule has 0 unspecified atom stereocenters. The first-order chi connectivity index (χ1) is 32.1. The smallest absolute Gasteiger partial charge is 0.228 e. The molecule has 2 saturated heterocycles. The zero-order chi connectivity index (χ0) is 48.0. The summed E-state index contributed by atoms with van der Waals surface area (Å²) in [6.07, 6.45) is 48.3. The second-order valence-corrected chi connectivity index (χ2v) is 25.2. The second kappa shape index (κ2) is 29.3. The van der Waals surface area contributed by atoms with Crippen LogP contribution in [0.15, 0.2) is 0 Å². The van der Waals surface area contributed by atoms with Gasteiger partial charge in [0.25, 0.3) is 0 Å². The lowest BCUT2D eigenvalue weighted by Crippen LogP contribution is -2.61. The fraction of sp³-hybridized carbons (Fsp3) is 0.947. The van der Waals surface area contributed by atoms with Crippen LogP contribution in [-0.2, 0) is 9.68 Å². The Kier molecular flexibility index (Phi) is 24.8. The van der Waals surface area contributed by atoms with Gasteiger partial charge in [0.2, 0.25) is 17.2 Å². The van der Waals surface area contributed by atoms with Gasteiger partial charge in [0.05, 0.1) is 12.2 Å². The Labute approximate surface area is 418 Å². The molecule has 5 rings (SSSR count). The Bertz CT molecular complexity index is 1340. The summed E-state index contributed by atoms with van der Waals surface area (Å²) in [6, 6.07) is 0. The number of hydrogen-bond donors (Lipinski definition) is 2. The topological polar surface area (TPSA) is 87.7 Å². The zero-order valence-electron chi connectivity index (χ0n) is 45.1. The van der Waals surface area contributed by atoms with Gasteiger partial charge in [-0.3, -0.25) is 9.68 Å². The Morgan fingerprint density at radius 1 is 0.418 bits per heavy atom. The third kappa shape index (κ3) is 20.8. The number of nitrogens with zero attached hydrogens (tertiary/aromatic N) is 5. The molecule has 2 N–H and O–H groups in total. The average molecular weight is 957 g/mol. The molecule has 0 atom stereocenters. The van der Waals surface area contributed by atoms with Gasteiger partial charge >= 0.3 is 0 Å². The molecule has 0 bridgehead atoms. The Balaban J connectivity index is 0.784. The van der Waals surface area contributed by atoms with Crippen molar-refractivity contribution in [2.75, 3.05) is 23.7 Å². The highest BCUT2D eigenvalue weighted by molar-refractivity contribution is 6.28. The van der Waals surface area contributed by atoms with E-state index in [2.05, 4.69) is 91.1 Å². The van der Waals surface area contributed by atoms with Crippen LogP contribution in [0.3, 0.4) is 0 Å². The monoisotopic (exact) mass is 956 g/mol. The van der Waals surface area contributed by atoms with Crippen molar-refractivity contribution in [2.45, 2.75) is 321 Å². The normalized spacial score (nSPS) is 22.0. The average Bonchev–Trinajstić information content (AvgIpc) is 3.27. The van der Waals surface area contributed by atoms with Crippen LogP contribution in [0.1, 0.15) is 287 Å². The van der Waals surface area contributed by atoms with Crippen LogP contribution in [0.25, 0.3) is 0 Å². The van der Waals surface area contributed by atoms with E-state index in [0.717, 1.165) is 37.8 Å². The number of aromatic nitrogens is 3. The quantitative estimate of drug-likeness (QED) is 0.0686. The Morgan fingerprint density at radius 2 is 0.701 bits per heavy atom. The minimum Gasteiger partial charge on any atom is -0.354 e. The van der Waals surface area contributed by atoms with Crippen molar-refractivity contribution in [3.63, 3.8) is 0 Å². The third-order valence-electron chi connectivity index (χ3n) is 16.2.